The van der Waals surface area contributed by atoms with E-state index >= 15 is 0 Å². The molecule has 1 aliphatic rings. The van der Waals surface area contributed by atoms with Gasteiger partial charge >= 0.3 is 5.69 Å². The van der Waals surface area contributed by atoms with Crippen molar-refractivity contribution in [3.05, 3.63) is 15.8 Å². The van der Waals surface area contributed by atoms with E-state index in [2.05, 4.69) is 5.10 Å². The van der Waals surface area contributed by atoms with E-state index in [4.69, 9.17) is 10.5 Å². The molecule has 16 heavy (non-hydrogen) atoms. The fourth-order valence-electron chi connectivity index (χ4n) is 1.94. The molecule has 0 bridgehead atoms. The van der Waals surface area contributed by atoms with E-state index in [0.717, 1.165) is 19.4 Å². The molecule has 0 radical (unpaired) electrons. The molecular weight excluding hydrogens is 212 g/mol. The predicted molar refractivity (Wildman–Crippen MR) is 57.0 cm³/mol. The lowest BCUT2D eigenvalue weighted by molar-refractivity contribution is -0.384. The average molecular weight is 226 g/mol. The van der Waals surface area contributed by atoms with Crippen LogP contribution >= 0.6 is 0 Å². The van der Waals surface area contributed by atoms with Crippen molar-refractivity contribution in [3.63, 3.8) is 0 Å². The fourth-order valence-corrected chi connectivity index (χ4v) is 1.94. The van der Waals surface area contributed by atoms with Gasteiger partial charge in [-0.05, 0) is 19.8 Å². The monoisotopic (exact) mass is 226 g/mol. The highest BCUT2D eigenvalue weighted by Gasteiger charge is 2.25. The number of hydrogen-bond donors (Lipinski definition) is 1. The Kier molecular flexibility index (Phi) is 2.78. The summed E-state index contributed by atoms with van der Waals surface area (Å²) in [5.41, 5.74) is 5.94. The van der Waals surface area contributed by atoms with Gasteiger partial charge in [-0.2, -0.15) is 5.10 Å². The summed E-state index contributed by atoms with van der Waals surface area (Å²) in [5.74, 6) is 0.109. The van der Waals surface area contributed by atoms with Crippen LogP contribution in [0.2, 0.25) is 0 Å². The van der Waals surface area contributed by atoms with Gasteiger partial charge in [0.1, 0.15) is 5.69 Å². The molecule has 1 fully saturated rings. The number of rotatable bonds is 3. The Morgan fingerprint density at radius 3 is 3.00 bits per heavy atom. The van der Waals surface area contributed by atoms with Gasteiger partial charge in [-0.1, -0.05) is 0 Å². The zero-order valence-electron chi connectivity index (χ0n) is 9.05. The van der Waals surface area contributed by atoms with Crippen molar-refractivity contribution in [3.8, 4) is 0 Å². The van der Waals surface area contributed by atoms with Crippen LogP contribution in [0.5, 0.6) is 0 Å². The van der Waals surface area contributed by atoms with Crippen LogP contribution < -0.4 is 5.73 Å². The summed E-state index contributed by atoms with van der Waals surface area (Å²) >= 11 is 0. The lowest BCUT2D eigenvalue weighted by atomic mass is 10.2. The van der Waals surface area contributed by atoms with E-state index in [-0.39, 0.29) is 17.6 Å². The van der Waals surface area contributed by atoms with E-state index in [1.54, 1.807) is 6.92 Å². The lowest BCUT2D eigenvalue weighted by Crippen LogP contribution is -2.17. The van der Waals surface area contributed by atoms with Crippen LogP contribution in [0.15, 0.2) is 0 Å². The van der Waals surface area contributed by atoms with Crippen molar-refractivity contribution >= 4 is 11.5 Å². The SMILES string of the molecule is Cc1nn(CC2CCCO2)c(N)c1[N+](=O)[O-]. The maximum Gasteiger partial charge on any atom is 0.333 e. The summed E-state index contributed by atoms with van der Waals surface area (Å²) in [6.07, 6.45) is 2.04. The number of nitrogens with two attached hydrogens (primary N) is 1. The molecule has 1 saturated heterocycles. The summed E-state index contributed by atoms with van der Waals surface area (Å²) in [6, 6.07) is 0. The minimum Gasteiger partial charge on any atom is -0.378 e. The van der Waals surface area contributed by atoms with Gasteiger partial charge < -0.3 is 10.5 Å². The number of anilines is 1. The average Bonchev–Trinajstić information content (AvgIpc) is 2.76. The third-order valence-corrected chi connectivity index (χ3v) is 2.72. The molecule has 0 spiro atoms. The van der Waals surface area contributed by atoms with Crippen LogP contribution in [0.1, 0.15) is 18.5 Å². The molecule has 0 aromatic carbocycles. The molecule has 88 valence electrons. The van der Waals surface area contributed by atoms with Gasteiger partial charge in [0.2, 0.25) is 5.82 Å². The number of aromatic nitrogens is 2. The van der Waals surface area contributed by atoms with Crippen LogP contribution in [0.4, 0.5) is 11.5 Å². The Morgan fingerprint density at radius 2 is 2.50 bits per heavy atom. The second-order valence-corrected chi connectivity index (χ2v) is 3.89. The zero-order valence-corrected chi connectivity index (χ0v) is 9.05. The second-order valence-electron chi connectivity index (χ2n) is 3.89. The third-order valence-electron chi connectivity index (χ3n) is 2.72. The van der Waals surface area contributed by atoms with E-state index in [1.807, 2.05) is 0 Å². The molecule has 1 aromatic rings. The van der Waals surface area contributed by atoms with Crippen LogP contribution in [-0.2, 0) is 11.3 Å². The number of aryl methyl sites for hydroxylation is 1. The van der Waals surface area contributed by atoms with Crippen molar-refractivity contribution in [1.82, 2.24) is 9.78 Å². The van der Waals surface area contributed by atoms with Gasteiger partial charge in [0.05, 0.1) is 17.6 Å². The summed E-state index contributed by atoms with van der Waals surface area (Å²) in [6.45, 7) is 2.81. The first-order chi connectivity index (χ1) is 7.59. The fraction of sp³-hybridized carbons (Fsp3) is 0.667. The summed E-state index contributed by atoms with van der Waals surface area (Å²) in [5, 5.41) is 14.8. The Hall–Kier alpha value is -1.63. The molecular formula is C9H14N4O3. The van der Waals surface area contributed by atoms with Gasteiger partial charge in [0, 0.05) is 6.61 Å². The highest BCUT2D eigenvalue weighted by Crippen LogP contribution is 2.26. The van der Waals surface area contributed by atoms with Crippen molar-refractivity contribution in [2.45, 2.75) is 32.4 Å². The molecule has 1 atom stereocenters. The number of nitrogen functional groups attached to an aromatic ring is 1. The van der Waals surface area contributed by atoms with Gasteiger partial charge in [-0.3, -0.25) is 10.1 Å². The first kappa shape index (κ1) is 10.9. The summed E-state index contributed by atoms with van der Waals surface area (Å²) in [4.78, 5) is 10.2. The standard InChI is InChI=1S/C9H14N4O3/c1-6-8(13(14)15)9(10)12(11-6)5-7-3-2-4-16-7/h7H,2-5,10H2,1H3. The molecule has 0 aliphatic carbocycles. The van der Waals surface area contributed by atoms with Crippen molar-refractivity contribution < 1.29 is 9.66 Å². The molecule has 1 aliphatic heterocycles. The van der Waals surface area contributed by atoms with Crippen LogP contribution in [0.25, 0.3) is 0 Å². The zero-order chi connectivity index (χ0) is 11.7. The van der Waals surface area contributed by atoms with Crippen LogP contribution in [-0.4, -0.2) is 27.4 Å². The lowest BCUT2D eigenvalue weighted by Gasteiger charge is -2.09. The second kappa shape index (κ2) is 4.09. The van der Waals surface area contributed by atoms with E-state index in [0.29, 0.717) is 12.2 Å². The van der Waals surface area contributed by atoms with E-state index < -0.39 is 4.92 Å². The first-order valence-electron chi connectivity index (χ1n) is 5.18. The Bertz CT molecular complexity index is 409. The normalized spacial score (nSPS) is 20.2. The van der Waals surface area contributed by atoms with Crippen molar-refractivity contribution in [1.29, 1.82) is 0 Å². The molecule has 7 heteroatoms. The number of ether oxygens (including phenoxy) is 1. The van der Waals surface area contributed by atoms with Crippen molar-refractivity contribution in [2.24, 2.45) is 0 Å². The molecule has 0 saturated carbocycles. The topological polar surface area (TPSA) is 96.2 Å². The smallest absolute Gasteiger partial charge is 0.333 e. The highest BCUT2D eigenvalue weighted by molar-refractivity contribution is 5.55. The van der Waals surface area contributed by atoms with E-state index in [9.17, 15) is 10.1 Å². The summed E-state index contributed by atoms with van der Waals surface area (Å²) < 4.78 is 6.90. The Labute approximate surface area is 92.3 Å². The third kappa shape index (κ3) is 1.85. The number of hydrogen-bond acceptors (Lipinski definition) is 5. The number of nitrogens with zero attached hydrogens (tertiary/aromatic N) is 3. The van der Waals surface area contributed by atoms with Crippen LogP contribution in [0.3, 0.4) is 0 Å². The maximum atomic E-state index is 10.7. The molecule has 1 unspecified atom stereocenters. The maximum absolute atomic E-state index is 10.7. The molecule has 7 nitrogen and oxygen atoms in total. The molecule has 2 heterocycles. The van der Waals surface area contributed by atoms with Crippen LogP contribution in [0, 0.1) is 17.0 Å². The minimum atomic E-state index is -0.496. The minimum absolute atomic E-state index is 0.0706. The first-order valence-corrected chi connectivity index (χ1v) is 5.18. The van der Waals surface area contributed by atoms with Crippen molar-refractivity contribution in [2.75, 3.05) is 12.3 Å². The van der Waals surface area contributed by atoms with Gasteiger partial charge in [0.25, 0.3) is 0 Å². The quantitative estimate of drug-likeness (QED) is 0.609. The predicted octanol–water partition coefficient (Wildman–Crippen LogP) is 0.861. The summed E-state index contributed by atoms with van der Waals surface area (Å²) in [7, 11) is 0. The molecule has 1 aromatic heterocycles. The van der Waals surface area contributed by atoms with E-state index in [1.165, 1.54) is 4.68 Å². The molecule has 0 amide bonds. The molecule has 2 rings (SSSR count). The Balaban J connectivity index is 2.21. The Morgan fingerprint density at radius 1 is 1.75 bits per heavy atom. The highest BCUT2D eigenvalue weighted by atomic mass is 16.6. The van der Waals surface area contributed by atoms with Gasteiger partial charge in [-0.15, -0.1) is 0 Å². The van der Waals surface area contributed by atoms with Gasteiger partial charge in [-0.25, -0.2) is 4.68 Å². The largest absolute Gasteiger partial charge is 0.378 e. The number of nitro groups is 1. The molecule has 2 N–H and O–H groups in total. The van der Waals surface area contributed by atoms with Gasteiger partial charge in [0.15, 0.2) is 0 Å².